The van der Waals surface area contributed by atoms with Crippen molar-refractivity contribution in [2.75, 3.05) is 5.88 Å². The minimum Gasteiger partial charge on any atom is -0.461 e. The van der Waals surface area contributed by atoms with Gasteiger partial charge >= 0.3 is 5.97 Å². The van der Waals surface area contributed by atoms with Crippen molar-refractivity contribution in [1.29, 1.82) is 0 Å². The number of alkyl halides is 1. The number of carbonyl (C=O) groups is 1. The summed E-state index contributed by atoms with van der Waals surface area (Å²) in [5, 5.41) is 11.7. The Morgan fingerprint density at radius 1 is 1.29 bits per heavy atom. The monoisotopic (exact) mass is 510 g/mol. The lowest BCUT2D eigenvalue weighted by Gasteiger charge is -2.58. The molecule has 0 aliphatic heterocycles. The van der Waals surface area contributed by atoms with Crippen LogP contribution in [0.4, 0.5) is 0 Å². The van der Waals surface area contributed by atoms with Gasteiger partial charge in [-0.05, 0) is 67.0 Å². The van der Waals surface area contributed by atoms with Crippen molar-refractivity contribution in [3.05, 3.63) is 24.8 Å². The molecule has 0 aromatic carbocycles. The first kappa shape index (κ1) is 28.0. The molecule has 0 heterocycles. The highest BCUT2D eigenvalue weighted by molar-refractivity contribution is 6.74. The second-order valence-electron chi connectivity index (χ2n) is 13.2. The third-order valence-electron chi connectivity index (χ3n) is 10.7. The summed E-state index contributed by atoms with van der Waals surface area (Å²) >= 11 is 5.91. The Morgan fingerprint density at radius 2 is 1.91 bits per heavy atom. The first-order chi connectivity index (χ1) is 15.6. The first-order valence-corrected chi connectivity index (χ1v) is 16.4. The molecule has 4 nitrogen and oxygen atoms in total. The molecule has 3 aliphatic carbocycles. The largest absolute Gasteiger partial charge is 0.461 e. The van der Waals surface area contributed by atoms with Crippen molar-refractivity contribution >= 4 is 25.9 Å². The number of aliphatic hydroxyl groups excluding tert-OH is 1. The van der Waals surface area contributed by atoms with E-state index in [1.54, 1.807) is 0 Å². The molecular formula is C28H47ClO4Si. The van der Waals surface area contributed by atoms with Gasteiger partial charge in [0.15, 0.2) is 8.32 Å². The topological polar surface area (TPSA) is 55.8 Å². The van der Waals surface area contributed by atoms with E-state index in [-0.39, 0.29) is 57.7 Å². The minimum atomic E-state index is -2.16. The Balaban J connectivity index is 2.21. The molecule has 0 spiro atoms. The number of carbonyl (C=O) groups excluding carboxylic acids is 1. The molecule has 3 aliphatic rings. The fraction of sp³-hybridized carbons (Fsp3) is 0.821. The third kappa shape index (κ3) is 4.27. The van der Waals surface area contributed by atoms with Crippen LogP contribution >= 0.6 is 11.6 Å². The number of hydrogen-bond donors (Lipinski definition) is 1. The number of esters is 1. The summed E-state index contributed by atoms with van der Waals surface area (Å²) in [7, 11) is -2.16. The van der Waals surface area contributed by atoms with Crippen molar-refractivity contribution in [3.63, 3.8) is 0 Å². The zero-order chi connectivity index (χ0) is 25.9. The summed E-state index contributed by atoms with van der Waals surface area (Å²) in [5.41, 5.74) is 0.543. The van der Waals surface area contributed by atoms with Gasteiger partial charge in [0.25, 0.3) is 0 Å². The van der Waals surface area contributed by atoms with Gasteiger partial charge in [0, 0.05) is 11.3 Å². The second kappa shape index (κ2) is 9.35. The van der Waals surface area contributed by atoms with E-state index in [4.69, 9.17) is 20.8 Å². The van der Waals surface area contributed by atoms with Gasteiger partial charge < -0.3 is 14.3 Å². The average molecular weight is 511 g/mol. The van der Waals surface area contributed by atoms with Gasteiger partial charge in [-0.2, -0.15) is 0 Å². The molecule has 1 N–H and O–H groups in total. The minimum absolute atomic E-state index is 0.0323. The Kier molecular flexibility index (Phi) is 7.69. The summed E-state index contributed by atoms with van der Waals surface area (Å²) in [6.07, 6.45) is 4.23. The van der Waals surface area contributed by atoms with E-state index in [2.05, 4.69) is 67.8 Å². The zero-order valence-electron chi connectivity index (χ0n) is 22.6. The lowest BCUT2D eigenvalue weighted by molar-refractivity contribution is -0.177. The lowest BCUT2D eigenvalue weighted by atomic mass is 9.49. The van der Waals surface area contributed by atoms with Gasteiger partial charge in [-0.15, -0.1) is 11.6 Å². The Labute approximate surface area is 213 Å². The highest BCUT2D eigenvalue weighted by atomic mass is 35.5. The molecule has 194 valence electrons. The molecule has 0 amide bonds. The molecule has 3 unspecified atom stereocenters. The number of hydrogen-bond acceptors (Lipinski definition) is 4. The number of aliphatic hydroxyl groups is 1. The molecule has 2 bridgehead atoms. The van der Waals surface area contributed by atoms with Crippen LogP contribution in [0.15, 0.2) is 24.8 Å². The highest BCUT2D eigenvalue weighted by Gasteiger charge is 2.70. The average Bonchev–Trinajstić information content (AvgIpc) is 3.01. The van der Waals surface area contributed by atoms with Crippen LogP contribution in [-0.2, 0) is 14.0 Å². The molecule has 3 saturated carbocycles. The summed E-state index contributed by atoms with van der Waals surface area (Å²) in [6, 6.07) is 0. The second-order valence-corrected chi connectivity index (χ2v) is 18.2. The van der Waals surface area contributed by atoms with Crippen LogP contribution in [0.25, 0.3) is 0 Å². The standard InChI is InChI=1S/C28H47ClO4Si/c1-11-17(2)20-14-22(32-23(31)16-29)27(8)18(3)12-13-28(19(20)4)15-21(30)24(25(27)28)33-34(9,10)26(5,6)7/h11,18-22,24-25,30H,1-2,12-16H2,3-10H3/t18?,19-,20-,21-,22+,24?,25?,27-,28-/m0/s1. The Bertz CT molecular complexity index is 820. The van der Waals surface area contributed by atoms with Crippen LogP contribution in [-0.4, -0.2) is 43.6 Å². The van der Waals surface area contributed by atoms with Gasteiger partial charge in [-0.25, -0.2) is 0 Å². The SMILES string of the molecule is C=CC(=C)[C@@H]1C[C@@H](OC(=O)CCl)[C@]2(C)C(C)CC[C@]3(C[C@H](O)C(O[Si](C)(C)C(C)(C)C)C32)[C@H]1C. The van der Waals surface area contributed by atoms with Crippen molar-refractivity contribution in [1.82, 2.24) is 0 Å². The number of halogens is 1. The Hall–Kier alpha value is -0.623. The fourth-order valence-electron chi connectivity index (χ4n) is 7.47. The number of allylic oxidation sites excluding steroid dienone is 2. The summed E-state index contributed by atoms with van der Waals surface area (Å²) in [5.74, 6) is 0.243. The van der Waals surface area contributed by atoms with Crippen molar-refractivity contribution in [2.24, 2.45) is 34.5 Å². The molecule has 0 aromatic rings. The predicted molar refractivity (Wildman–Crippen MR) is 142 cm³/mol. The molecule has 0 aromatic heterocycles. The highest BCUT2D eigenvalue weighted by Crippen LogP contribution is 2.70. The quantitative estimate of drug-likeness (QED) is 0.186. The number of ether oxygens (including phenoxy) is 1. The molecular weight excluding hydrogens is 464 g/mol. The molecule has 9 atom stereocenters. The lowest BCUT2D eigenvalue weighted by Crippen LogP contribution is -2.59. The molecule has 3 fully saturated rings. The fourth-order valence-corrected chi connectivity index (χ4v) is 8.86. The van der Waals surface area contributed by atoms with E-state index in [0.29, 0.717) is 12.3 Å². The maximum atomic E-state index is 12.6. The third-order valence-corrected chi connectivity index (χ3v) is 15.4. The van der Waals surface area contributed by atoms with Crippen LogP contribution in [0.5, 0.6) is 0 Å². The van der Waals surface area contributed by atoms with E-state index in [1.165, 1.54) is 0 Å². The normalized spacial score (nSPS) is 42.5. The molecule has 0 radical (unpaired) electrons. The van der Waals surface area contributed by atoms with Crippen molar-refractivity contribution in [3.8, 4) is 0 Å². The molecule has 0 saturated heterocycles. The Morgan fingerprint density at radius 3 is 2.44 bits per heavy atom. The van der Waals surface area contributed by atoms with Crippen LogP contribution in [0.1, 0.15) is 67.2 Å². The molecule has 6 heteroatoms. The summed E-state index contributed by atoms with van der Waals surface area (Å²) in [4.78, 5) is 12.6. The first-order valence-electron chi connectivity index (χ1n) is 13.0. The molecule has 34 heavy (non-hydrogen) atoms. The van der Waals surface area contributed by atoms with Crippen molar-refractivity contribution in [2.45, 2.75) is 104 Å². The van der Waals surface area contributed by atoms with Crippen LogP contribution in [0.3, 0.4) is 0 Å². The summed E-state index contributed by atoms with van der Waals surface area (Å²) < 4.78 is 13.2. The zero-order valence-corrected chi connectivity index (χ0v) is 24.4. The van der Waals surface area contributed by atoms with E-state index >= 15 is 0 Å². The van der Waals surface area contributed by atoms with Crippen LogP contribution in [0, 0.1) is 34.5 Å². The number of rotatable bonds is 6. The smallest absolute Gasteiger partial charge is 0.321 e. The van der Waals surface area contributed by atoms with Gasteiger partial charge in [0.1, 0.15) is 12.0 Å². The summed E-state index contributed by atoms with van der Waals surface area (Å²) in [6.45, 7) is 26.5. The van der Waals surface area contributed by atoms with E-state index < -0.39 is 14.4 Å². The van der Waals surface area contributed by atoms with Crippen LogP contribution in [0.2, 0.25) is 18.1 Å². The van der Waals surface area contributed by atoms with E-state index in [0.717, 1.165) is 24.8 Å². The van der Waals surface area contributed by atoms with Gasteiger partial charge in [-0.3, -0.25) is 4.79 Å². The van der Waals surface area contributed by atoms with E-state index in [9.17, 15) is 9.90 Å². The van der Waals surface area contributed by atoms with Gasteiger partial charge in [-0.1, -0.05) is 66.3 Å². The van der Waals surface area contributed by atoms with Gasteiger partial charge in [0.05, 0.1) is 12.2 Å². The van der Waals surface area contributed by atoms with Crippen molar-refractivity contribution < 1.29 is 19.1 Å². The predicted octanol–water partition coefficient (Wildman–Crippen LogP) is 6.73. The van der Waals surface area contributed by atoms with Gasteiger partial charge in [0.2, 0.25) is 0 Å². The maximum Gasteiger partial charge on any atom is 0.321 e. The maximum absolute atomic E-state index is 12.6. The van der Waals surface area contributed by atoms with Crippen LogP contribution < -0.4 is 0 Å². The molecule has 3 rings (SSSR count). The van der Waals surface area contributed by atoms with E-state index in [1.807, 2.05) is 6.08 Å².